The van der Waals surface area contributed by atoms with Gasteiger partial charge < -0.3 is 5.32 Å². The fraction of sp³-hybridized carbons (Fsp3) is 0.625. The fourth-order valence-electron chi connectivity index (χ4n) is 3.73. The van der Waals surface area contributed by atoms with Gasteiger partial charge in [-0.2, -0.15) is 0 Å². The van der Waals surface area contributed by atoms with E-state index in [1.54, 1.807) is 0 Å². The van der Waals surface area contributed by atoms with Crippen molar-refractivity contribution in [3.8, 4) is 0 Å². The van der Waals surface area contributed by atoms with Gasteiger partial charge in [0.2, 0.25) is 0 Å². The standard InChI is InChI=1S/C16H23NO2S/c1-11-8-9-20(18,19)14-10-16(2,3)13-7-5-4-6-12(13)15(14)17-11/h4-7,11,14-15,17H,8-10H2,1-3H3. The highest BCUT2D eigenvalue weighted by atomic mass is 32.2. The maximum Gasteiger partial charge on any atom is 0.155 e. The number of fused-ring (bicyclic) bond motifs is 3. The predicted octanol–water partition coefficient (Wildman–Crippen LogP) is 2.57. The molecule has 1 aliphatic carbocycles. The summed E-state index contributed by atoms with van der Waals surface area (Å²) < 4.78 is 25.3. The second-order valence-corrected chi connectivity index (χ2v) is 9.25. The minimum Gasteiger partial charge on any atom is -0.306 e. The Morgan fingerprint density at radius 1 is 1.25 bits per heavy atom. The van der Waals surface area contributed by atoms with Crippen LogP contribution in [-0.2, 0) is 15.3 Å². The van der Waals surface area contributed by atoms with Crippen LogP contribution in [-0.4, -0.2) is 25.5 Å². The van der Waals surface area contributed by atoms with Crippen LogP contribution in [0.3, 0.4) is 0 Å². The van der Waals surface area contributed by atoms with Gasteiger partial charge in [0, 0.05) is 12.1 Å². The van der Waals surface area contributed by atoms with Crippen molar-refractivity contribution in [1.82, 2.24) is 5.32 Å². The van der Waals surface area contributed by atoms with Crippen molar-refractivity contribution in [3.05, 3.63) is 35.4 Å². The molecule has 3 nitrogen and oxygen atoms in total. The molecule has 1 N–H and O–H groups in total. The van der Waals surface area contributed by atoms with Crippen molar-refractivity contribution in [2.75, 3.05) is 5.75 Å². The molecule has 1 aromatic rings. The Hall–Kier alpha value is -0.870. The van der Waals surface area contributed by atoms with Gasteiger partial charge in [0.1, 0.15) is 0 Å². The molecule has 20 heavy (non-hydrogen) atoms. The monoisotopic (exact) mass is 293 g/mol. The first-order chi connectivity index (χ1) is 9.31. The van der Waals surface area contributed by atoms with Crippen LogP contribution >= 0.6 is 0 Å². The zero-order chi connectivity index (χ0) is 14.5. The van der Waals surface area contributed by atoms with E-state index in [1.165, 1.54) is 11.1 Å². The van der Waals surface area contributed by atoms with E-state index in [2.05, 4.69) is 44.3 Å². The summed E-state index contributed by atoms with van der Waals surface area (Å²) in [5.41, 5.74) is 2.38. The fourth-order valence-corrected chi connectivity index (χ4v) is 6.02. The Kier molecular flexibility index (Phi) is 3.22. The van der Waals surface area contributed by atoms with Crippen LogP contribution in [0, 0.1) is 0 Å². The van der Waals surface area contributed by atoms with Gasteiger partial charge in [-0.05, 0) is 36.3 Å². The smallest absolute Gasteiger partial charge is 0.155 e. The molecule has 0 aromatic heterocycles. The maximum atomic E-state index is 12.6. The molecule has 1 aliphatic heterocycles. The zero-order valence-electron chi connectivity index (χ0n) is 12.4. The molecule has 0 spiro atoms. The lowest BCUT2D eigenvalue weighted by Crippen LogP contribution is -2.45. The highest BCUT2D eigenvalue weighted by Crippen LogP contribution is 2.45. The number of benzene rings is 1. The van der Waals surface area contributed by atoms with E-state index in [0.717, 1.165) is 0 Å². The van der Waals surface area contributed by atoms with Crippen LogP contribution in [0.4, 0.5) is 0 Å². The van der Waals surface area contributed by atoms with E-state index in [9.17, 15) is 8.42 Å². The molecule has 3 rings (SSSR count). The van der Waals surface area contributed by atoms with Gasteiger partial charge in [0.15, 0.2) is 9.84 Å². The Bertz CT molecular complexity index is 621. The molecule has 4 heteroatoms. The largest absolute Gasteiger partial charge is 0.306 e. The summed E-state index contributed by atoms with van der Waals surface area (Å²) in [5.74, 6) is 0.306. The molecule has 1 fully saturated rings. The second kappa shape index (κ2) is 4.57. The molecule has 0 radical (unpaired) electrons. The highest BCUT2D eigenvalue weighted by molar-refractivity contribution is 7.92. The van der Waals surface area contributed by atoms with Crippen LogP contribution in [0.2, 0.25) is 0 Å². The van der Waals surface area contributed by atoms with E-state index in [4.69, 9.17) is 0 Å². The average molecular weight is 293 g/mol. The summed E-state index contributed by atoms with van der Waals surface area (Å²) in [6, 6.07) is 8.50. The quantitative estimate of drug-likeness (QED) is 0.799. The first-order valence-corrected chi connectivity index (χ1v) is 9.10. The van der Waals surface area contributed by atoms with Crippen molar-refractivity contribution in [2.45, 2.75) is 56.4 Å². The van der Waals surface area contributed by atoms with Crippen molar-refractivity contribution < 1.29 is 8.42 Å². The first kappa shape index (κ1) is 14.1. The third-order valence-corrected chi connectivity index (χ3v) is 7.04. The molecule has 0 amide bonds. The number of hydrogen-bond acceptors (Lipinski definition) is 3. The summed E-state index contributed by atoms with van der Waals surface area (Å²) in [7, 11) is -3.03. The van der Waals surface area contributed by atoms with Gasteiger partial charge in [-0.25, -0.2) is 8.42 Å². The van der Waals surface area contributed by atoms with E-state index in [-0.39, 0.29) is 22.7 Å². The summed E-state index contributed by atoms with van der Waals surface area (Å²) in [6.45, 7) is 6.40. The molecule has 0 saturated carbocycles. The Labute approximate surface area is 121 Å². The number of hydrogen-bond donors (Lipinski definition) is 1. The highest BCUT2D eigenvalue weighted by Gasteiger charge is 2.46. The second-order valence-electron chi connectivity index (χ2n) is 6.91. The lowest BCUT2D eigenvalue weighted by molar-refractivity contribution is 0.345. The van der Waals surface area contributed by atoms with Crippen molar-refractivity contribution >= 4 is 9.84 Å². The molecule has 1 aromatic carbocycles. The summed E-state index contributed by atoms with van der Waals surface area (Å²) >= 11 is 0. The van der Waals surface area contributed by atoms with Crippen LogP contribution < -0.4 is 5.32 Å². The van der Waals surface area contributed by atoms with Crippen molar-refractivity contribution in [2.24, 2.45) is 0 Å². The van der Waals surface area contributed by atoms with Crippen LogP contribution in [0.1, 0.15) is 50.8 Å². The lowest BCUT2D eigenvalue weighted by Gasteiger charge is -2.42. The molecule has 0 bridgehead atoms. The minimum absolute atomic E-state index is 0.0540. The van der Waals surface area contributed by atoms with Gasteiger partial charge >= 0.3 is 0 Å². The zero-order valence-corrected chi connectivity index (χ0v) is 13.2. The average Bonchev–Trinajstić information content (AvgIpc) is 2.49. The summed E-state index contributed by atoms with van der Waals surface area (Å²) in [4.78, 5) is 0. The predicted molar refractivity (Wildman–Crippen MR) is 81.6 cm³/mol. The van der Waals surface area contributed by atoms with E-state index < -0.39 is 9.84 Å². The Morgan fingerprint density at radius 2 is 1.95 bits per heavy atom. The van der Waals surface area contributed by atoms with Gasteiger partial charge in [0.25, 0.3) is 0 Å². The third kappa shape index (κ3) is 2.19. The minimum atomic E-state index is -3.03. The molecule has 3 unspecified atom stereocenters. The van der Waals surface area contributed by atoms with E-state index in [1.807, 2.05) is 6.07 Å². The SMILES string of the molecule is CC1CCS(=O)(=O)C2CC(C)(C)c3ccccc3C2N1. The lowest BCUT2D eigenvalue weighted by atomic mass is 9.70. The number of rotatable bonds is 0. The molecule has 3 atom stereocenters. The Balaban J connectivity index is 2.18. The molecular weight excluding hydrogens is 270 g/mol. The van der Waals surface area contributed by atoms with Crippen molar-refractivity contribution in [3.63, 3.8) is 0 Å². The number of nitrogens with one attached hydrogen (secondary N) is 1. The number of sulfone groups is 1. The Morgan fingerprint density at radius 3 is 2.70 bits per heavy atom. The van der Waals surface area contributed by atoms with Crippen LogP contribution in [0.5, 0.6) is 0 Å². The van der Waals surface area contributed by atoms with Gasteiger partial charge in [-0.3, -0.25) is 0 Å². The molecule has 1 saturated heterocycles. The molecule has 1 heterocycles. The topological polar surface area (TPSA) is 46.2 Å². The third-order valence-electron chi connectivity index (χ3n) is 4.87. The summed E-state index contributed by atoms with van der Waals surface area (Å²) in [6.07, 6.45) is 1.41. The van der Waals surface area contributed by atoms with Gasteiger partial charge in [-0.1, -0.05) is 38.1 Å². The summed E-state index contributed by atoms with van der Waals surface area (Å²) in [5, 5.41) is 3.26. The van der Waals surface area contributed by atoms with Crippen LogP contribution in [0.25, 0.3) is 0 Å². The molecule has 2 aliphatic rings. The normalized spacial score (nSPS) is 34.6. The van der Waals surface area contributed by atoms with E-state index in [0.29, 0.717) is 18.6 Å². The first-order valence-electron chi connectivity index (χ1n) is 7.38. The van der Waals surface area contributed by atoms with Gasteiger partial charge in [-0.15, -0.1) is 0 Å². The molecule has 110 valence electrons. The van der Waals surface area contributed by atoms with Gasteiger partial charge in [0.05, 0.1) is 11.0 Å². The molecular formula is C16H23NO2S. The van der Waals surface area contributed by atoms with E-state index >= 15 is 0 Å². The maximum absolute atomic E-state index is 12.6. The van der Waals surface area contributed by atoms with Crippen LogP contribution in [0.15, 0.2) is 24.3 Å². The van der Waals surface area contributed by atoms with Crippen molar-refractivity contribution in [1.29, 1.82) is 0 Å².